The van der Waals surface area contributed by atoms with Gasteiger partial charge >= 0.3 is 0 Å². The van der Waals surface area contributed by atoms with Gasteiger partial charge in [-0.05, 0) is 99.4 Å². The molecule has 1 aromatic heterocycles. The molecule has 0 spiro atoms. The lowest BCUT2D eigenvalue weighted by atomic mass is 9.82. The van der Waals surface area contributed by atoms with Gasteiger partial charge in [0.15, 0.2) is 17.5 Å². The number of hydrogen-bond acceptors (Lipinski definition) is 3. The maximum absolute atomic E-state index is 5.23. The average molecular weight is 788 g/mol. The lowest BCUT2D eigenvalue weighted by Gasteiger charge is -2.21. The molecule has 0 N–H and O–H groups in total. The van der Waals surface area contributed by atoms with E-state index in [0.29, 0.717) is 17.5 Å². The fourth-order valence-corrected chi connectivity index (χ4v) is 9.38. The molecular formula is C59H37N3. The highest BCUT2D eigenvalue weighted by atomic mass is 15.0. The standard InChI is InChI=1S/C59H37N3/c1-3-15-38(16-4-1)40-27-30-43(31-28-40)58-60-57(42-19-5-2-6-20-42)61-59(62-58)52-36-35-51(47-23-11-12-24-48(47)52)55-50-26-14-13-25-49(50)54(45-32-29-39-17-7-8-21-44(39)37-45)56-46-22-10-9-18-41(46)33-34-53(55)56/h1-37H. The second kappa shape index (κ2) is 14.8. The van der Waals surface area contributed by atoms with Crippen molar-refractivity contribution in [3.05, 3.63) is 224 Å². The summed E-state index contributed by atoms with van der Waals surface area (Å²) in [5.74, 6) is 1.91. The zero-order valence-electron chi connectivity index (χ0n) is 33.7. The van der Waals surface area contributed by atoms with E-state index in [4.69, 9.17) is 15.0 Å². The second-order valence-electron chi connectivity index (χ2n) is 15.9. The molecule has 1 heterocycles. The highest BCUT2D eigenvalue weighted by Crippen LogP contribution is 2.48. The number of aromatic nitrogens is 3. The fourth-order valence-electron chi connectivity index (χ4n) is 9.38. The Kier molecular flexibility index (Phi) is 8.50. The minimum absolute atomic E-state index is 0.634. The Balaban J connectivity index is 1.10. The Morgan fingerprint density at radius 3 is 1.39 bits per heavy atom. The summed E-state index contributed by atoms with van der Waals surface area (Å²) in [5, 5.41) is 12.1. The highest BCUT2D eigenvalue weighted by Gasteiger charge is 2.22. The molecule has 0 aliphatic carbocycles. The lowest BCUT2D eigenvalue weighted by Crippen LogP contribution is -2.01. The molecular weight excluding hydrogens is 751 g/mol. The van der Waals surface area contributed by atoms with Crippen molar-refractivity contribution >= 4 is 53.9 Å². The Hall–Kier alpha value is -8.27. The summed E-state index contributed by atoms with van der Waals surface area (Å²) in [6, 6.07) is 80.2. The van der Waals surface area contributed by atoms with Crippen molar-refractivity contribution in [3.63, 3.8) is 0 Å². The van der Waals surface area contributed by atoms with Crippen LogP contribution in [-0.2, 0) is 0 Å². The summed E-state index contributed by atoms with van der Waals surface area (Å²) < 4.78 is 0. The molecule has 0 fully saturated rings. The van der Waals surface area contributed by atoms with Crippen LogP contribution in [0.15, 0.2) is 224 Å². The molecule has 11 aromatic carbocycles. The first-order valence-corrected chi connectivity index (χ1v) is 21.1. The molecule has 0 saturated heterocycles. The molecule has 0 unspecified atom stereocenters. The fraction of sp³-hybridized carbons (Fsp3) is 0. The van der Waals surface area contributed by atoms with E-state index in [-0.39, 0.29) is 0 Å². The zero-order chi connectivity index (χ0) is 41.0. The van der Waals surface area contributed by atoms with Gasteiger partial charge in [-0.3, -0.25) is 0 Å². The predicted octanol–water partition coefficient (Wildman–Crippen LogP) is 15.6. The molecule has 0 bridgehead atoms. The van der Waals surface area contributed by atoms with E-state index in [2.05, 4.69) is 200 Å². The van der Waals surface area contributed by atoms with Gasteiger partial charge in [0.2, 0.25) is 0 Å². The first-order chi connectivity index (χ1) is 30.7. The van der Waals surface area contributed by atoms with Crippen LogP contribution in [0.25, 0.3) is 121 Å². The number of rotatable bonds is 6. The van der Waals surface area contributed by atoms with E-state index < -0.39 is 0 Å². The van der Waals surface area contributed by atoms with Crippen LogP contribution in [-0.4, -0.2) is 15.0 Å². The number of nitrogens with zero attached hydrogens (tertiary/aromatic N) is 3. The van der Waals surface area contributed by atoms with Crippen LogP contribution >= 0.6 is 0 Å². The molecule has 3 heteroatoms. The summed E-state index contributed by atoms with van der Waals surface area (Å²) in [6.07, 6.45) is 0. The van der Waals surface area contributed by atoms with Crippen molar-refractivity contribution in [2.45, 2.75) is 0 Å². The Labute approximate surface area is 359 Å². The smallest absolute Gasteiger partial charge is 0.164 e. The minimum Gasteiger partial charge on any atom is -0.208 e. The molecule has 0 amide bonds. The molecule has 62 heavy (non-hydrogen) atoms. The van der Waals surface area contributed by atoms with Gasteiger partial charge in [-0.2, -0.15) is 0 Å². The zero-order valence-corrected chi connectivity index (χ0v) is 33.7. The van der Waals surface area contributed by atoms with Crippen LogP contribution < -0.4 is 0 Å². The molecule has 0 aliphatic rings. The first kappa shape index (κ1) is 35.7. The van der Waals surface area contributed by atoms with Gasteiger partial charge in [-0.25, -0.2) is 15.0 Å². The van der Waals surface area contributed by atoms with Crippen LogP contribution in [0.4, 0.5) is 0 Å². The summed E-state index contributed by atoms with van der Waals surface area (Å²) in [5.41, 5.74) is 9.99. The van der Waals surface area contributed by atoms with Crippen molar-refractivity contribution in [1.82, 2.24) is 15.0 Å². The van der Waals surface area contributed by atoms with Crippen LogP contribution in [0.2, 0.25) is 0 Å². The molecule has 288 valence electrons. The van der Waals surface area contributed by atoms with Crippen LogP contribution in [0, 0.1) is 0 Å². The maximum atomic E-state index is 5.23. The van der Waals surface area contributed by atoms with E-state index in [0.717, 1.165) is 33.0 Å². The summed E-state index contributed by atoms with van der Waals surface area (Å²) in [6.45, 7) is 0. The van der Waals surface area contributed by atoms with E-state index in [1.807, 2.05) is 24.3 Å². The average Bonchev–Trinajstić information content (AvgIpc) is 3.35. The van der Waals surface area contributed by atoms with Gasteiger partial charge < -0.3 is 0 Å². The van der Waals surface area contributed by atoms with Crippen molar-refractivity contribution in [3.8, 4) is 67.5 Å². The third kappa shape index (κ3) is 6.02. The van der Waals surface area contributed by atoms with Gasteiger partial charge in [0.1, 0.15) is 0 Å². The van der Waals surface area contributed by atoms with Crippen molar-refractivity contribution < 1.29 is 0 Å². The molecule has 0 saturated carbocycles. The van der Waals surface area contributed by atoms with Gasteiger partial charge in [-0.15, -0.1) is 0 Å². The Bertz CT molecular complexity index is 3670. The third-order valence-electron chi connectivity index (χ3n) is 12.3. The molecule has 12 rings (SSSR count). The van der Waals surface area contributed by atoms with Gasteiger partial charge in [-0.1, -0.05) is 212 Å². The van der Waals surface area contributed by atoms with Gasteiger partial charge in [0, 0.05) is 16.7 Å². The third-order valence-corrected chi connectivity index (χ3v) is 12.3. The van der Waals surface area contributed by atoms with Crippen LogP contribution in [0.3, 0.4) is 0 Å². The predicted molar refractivity (Wildman–Crippen MR) is 260 cm³/mol. The van der Waals surface area contributed by atoms with E-state index in [1.54, 1.807) is 0 Å². The van der Waals surface area contributed by atoms with Gasteiger partial charge in [0.05, 0.1) is 0 Å². The summed E-state index contributed by atoms with van der Waals surface area (Å²) in [7, 11) is 0. The van der Waals surface area contributed by atoms with Crippen molar-refractivity contribution in [2.24, 2.45) is 0 Å². The molecule has 3 nitrogen and oxygen atoms in total. The second-order valence-corrected chi connectivity index (χ2v) is 15.9. The number of fused-ring (bicyclic) bond motifs is 6. The first-order valence-electron chi connectivity index (χ1n) is 21.1. The van der Waals surface area contributed by atoms with Crippen molar-refractivity contribution in [2.75, 3.05) is 0 Å². The molecule has 0 atom stereocenters. The Morgan fingerprint density at radius 2 is 0.677 bits per heavy atom. The van der Waals surface area contributed by atoms with Crippen LogP contribution in [0.1, 0.15) is 0 Å². The molecule has 12 aromatic rings. The minimum atomic E-state index is 0.634. The maximum Gasteiger partial charge on any atom is 0.164 e. The summed E-state index contributed by atoms with van der Waals surface area (Å²) in [4.78, 5) is 15.5. The van der Waals surface area contributed by atoms with Crippen molar-refractivity contribution in [1.29, 1.82) is 0 Å². The van der Waals surface area contributed by atoms with E-state index in [9.17, 15) is 0 Å². The highest BCUT2D eigenvalue weighted by molar-refractivity contribution is 6.29. The molecule has 0 aliphatic heterocycles. The SMILES string of the molecule is c1ccc(-c2ccc(-c3nc(-c4ccccc4)nc(-c4ccc(-c5c6ccccc6c(-c6ccc7ccccc7c6)c6c5ccc5ccccc56)c5ccccc45)n3)cc2)cc1. The normalized spacial score (nSPS) is 11.5. The Morgan fingerprint density at radius 1 is 0.226 bits per heavy atom. The lowest BCUT2D eigenvalue weighted by molar-refractivity contribution is 1.08. The molecule has 0 radical (unpaired) electrons. The number of hydrogen-bond donors (Lipinski definition) is 0. The number of benzene rings is 11. The largest absolute Gasteiger partial charge is 0.208 e. The van der Waals surface area contributed by atoms with Gasteiger partial charge in [0.25, 0.3) is 0 Å². The quantitative estimate of drug-likeness (QED) is 0.124. The summed E-state index contributed by atoms with van der Waals surface area (Å²) >= 11 is 0. The monoisotopic (exact) mass is 787 g/mol. The van der Waals surface area contributed by atoms with E-state index in [1.165, 1.54) is 70.9 Å². The van der Waals surface area contributed by atoms with E-state index >= 15 is 0 Å². The van der Waals surface area contributed by atoms with Crippen LogP contribution in [0.5, 0.6) is 0 Å². The topological polar surface area (TPSA) is 38.7 Å².